The molecule has 0 aromatic heterocycles. The number of hydrazine groups is 1. The highest BCUT2D eigenvalue weighted by Gasteiger charge is 2.33. The first-order chi connectivity index (χ1) is 12.6. The van der Waals surface area contributed by atoms with Crippen molar-refractivity contribution < 1.29 is 14.7 Å². The maximum absolute atomic E-state index is 12.4. The van der Waals surface area contributed by atoms with Crippen LogP contribution in [0.5, 0.6) is 5.75 Å². The van der Waals surface area contributed by atoms with Gasteiger partial charge in [-0.05, 0) is 36.0 Å². The quantitative estimate of drug-likeness (QED) is 0.626. The molecule has 0 bridgehead atoms. The van der Waals surface area contributed by atoms with Crippen LogP contribution in [0.2, 0.25) is 0 Å². The van der Waals surface area contributed by atoms with Crippen LogP contribution in [0.1, 0.15) is 15.9 Å². The molecule has 0 saturated carbocycles. The van der Waals surface area contributed by atoms with Gasteiger partial charge in [-0.3, -0.25) is 15.0 Å². The molecule has 1 aliphatic rings. The molecule has 0 unspecified atom stereocenters. The summed E-state index contributed by atoms with van der Waals surface area (Å²) in [5.74, 6) is -1.20. The maximum atomic E-state index is 12.4. The number of rotatable bonds is 4. The molecule has 26 heavy (non-hydrogen) atoms. The van der Waals surface area contributed by atoms with Gasteiger partial charge < -0.3 is 5.11 Å². The molecule has 2 amide bonds. The van der Waals surface area contributed by atoms with Crippen LogP contribution in [0.25, 0.3) is 6.08 Å². The minimum absolute atomic E-state index is 0.0644. The lowest BCUT2D eigenvalue weighted by Gasteiger charge is -2.15. The molecule has 1 saturated heterocycles. The third-order valence-electron chi connectivity index (χ3n) is 3.49. The lowest BCUT2D eigenvalue weighted by molar-refractivity contribution is -0.123. The summed E-state index contributed by atoms with van der Waals surface area (Å²) in [5.41, 5.74) is 3.50. The van der Waals surface area contributed by atoms with E-state index in [0.717, 1.165) is 22.3 Å². The Labute approximate surface area is 160 Å². The van der Waals surface area contributed by atoms with Crippen LogP contribution in [0, 0.1) is 0 Å². The first-order valence-corrected chi connectivity index (χ1v) is 8.87. The van der Waals surface area contributed by atoms with Crippen molar-refractivity contribution in [3.05, 3.63) is 82.8 Å². The van der Waals surface area contributed by atoms with Crippen molar-refractivity contribution in [1.29, 1.82) is 0 Å². The number of nitrogens with one attached hydrogen (secondary N) is 1. The van der Waals surface area contributed by atoms with Crippen LogP contribution < -0.4 is 5.43 Å². The average molecular weight is 382 g/mol. The van der Waals surface area contributed by atoms with Crippen LogP contribution in [0.4, 0.5) is 0 Å². The molecule has 1 fully saturated rings. The number of allylic oxidation sites excluding steroid dienone is 2. The molecular formula is C19H14N2O3S2. The number of hydrogen-bond acceptors (Lipinski definition) is 5. The highest BCUT2D eigenvalue weighted by Crippen LogP contribution is 2.30. The fraction of sp³-hybridized carbons (Fsp3) is 0. The lowest BCUT2D eigenvalue weighted by atomic mass is 10.2. The van der Waals surface area contributed by atoms with E-state index in [9.17, 15) is 14.7 Å². The van der Waals surface area contributed by atoms with Crippen molar-refractivity contribution in [1.82, 2.24) is 10.4 Å². The predicted octanol–water partition coefficient (Wildman–Crippen LogP) is 3.49. The second kappa shape index (κ2) is 7.99. The van der Waals surface area contributed by atoms with Gasteiger partial charge in [-0.2, -0.15) is 5.01 Å². The first kappa shape index (κ1) is 17.9. The van der Waals surface area contributed by atoms with Crippen LogP contribution in [0.3, 0.4) is 0 Å². The smallest absolute Gasteiger partial charge is 0.285 e. The number of thioether (sulfide) groups is 1. The zero-order valence-corrected chi connectivity index (χ0v) is 15.1. The fourth-order valence-corrected chi connectivity index (χ4v) is 3.35. The molecule has 130 valence electrons. The number of phenols is 1. The molecule has 2 aromatic rings. The number of carbonyl (C=O) groups excluding carboxylic acids is 2. The van der Waals surface area contributed by atoms with Gasteiger partial charge in [0.2, 0.25) is 0 Å². The van der Waals surface area contributed by atoms with Gasteiger partial charge in [0.25, 0.3) is 11.8 Å². The van der Waals surface area contributed by atoms with E-state index in [0.29, 0.717) is 4.91 Å². The van der Waals surface area contributed by atoms with E-state index >= 15 is 0 Å². The molecule has 0 aliphatic carbocycles. The number of nitrogens with zero attached hydrogens (tertiary/aromatic N) is 1. The van der Waals surface area contributed by atoms with E-state index in [4.69, 9.17) is 12.2 Å². The van der Waals surface area contributed by atoms with Gasteiger partial charge in [0.1, 0.15) is 5.75 Å². The van der Waals surface area contributed by atoms with E-state index < -0.39 is 11.8 Å². The summed E-state index contributed by atoms with van der Waals surface area (Å²) < 4.78 is 0.220. The Balaban J connectivity index is 1.71. The Morgan fingerprint density at radius 1 is 1.12 bits per heavy atom. The second-order valence-corrected chi connectivity index (χ2v) is 6.94. The highest BCUT2D eigenvalue weighted by molar-refractivity contribution is 8.26. The normalized spacial score (nSPS) is 15.8. The Morgan fingerprint density at radius 3 is 2.54 bits per heavy atom. The van der Waals surface area contributed by atoms with Gasteiger partial charge in [-0.15, -0.1) is 0 Å². The zero-order valence-electron chi connectivity index (χ0n) is 13.5. The Hall–Kier alpha value is -2.90. The third kappa shape index (κ3) is 4.01. The molecule has 0 spiro atoms. The summed E-state index contributed by atoms with van der Waals surface area (Å²) in [6, 6.07) is 15.7. The number of phenolic OH excluding ortho intramolecular Hbond substituents is 1. The standard InChI is InChI=1S/C19H14N2O3S2/c22-15-11-5-4-10-14(15)17(23)20-21-18(24)16(26-19(21)25)12-6-9-13-7-2-1-3-8-13/h1-12,22H,(H,20,23)/b9-6+,16-12-. The Morgan fingerprint density at radius 2 is 1.81 bits per heavy atom. The van der Waals surface area contributed by atoms with Crippen LogP contribution in [0.15, 0.2) is 71.7 Å². The Bertz CT molecular complexity index is 923. The van der Waals surface area contributed by atoms with E-state index in [1.165, 1.54) is 12.1 Å². The molecule has 5 nitrogen and oxygen atoms in total. The molecule has 7 heteroatoms. The number of para-hydroxylation sites is 1. The van der Waals surface area contributed by atoms with Crippen molar-refractivity contribution in [2.24, 2.45) is 0 Å². The highest BCUT2D eigenvalue weighted by atomic mass is 32.2. The fourth-order valence-electron chi connectivity index (χ4n) is 2.22. The van der Waals surface area contributed by atoms with Gasteiger partial charge in [-0.1, -0.05) is 66.4 Å². The minimum Gasteiger partial charge on any atom is -0.507 e. The monoisotopic (exact) mass is 382 g/mol. The number of aromatic hydroxyl groups is 1. The van der Waals surface area contributed by atoms with Crippen molar-refractivity contribution in [3.63, 3.8) is 0 Å². The largest absolute Gasteiger partial charge is 0.507 e. The van der Waals surface area contributed by atoms with Gasteiger partial charge in [-0.25, -0.2) is 0 Å². The average Bonchev–Trinajstić information content (AvgIpc) is 2.90. The summed E-state index contributed by atoms with van der Waals surface area (Å²) in [4.78, 5) is 25.1. The number of benzene rings is 2. The van der Waals surface area contributed by atoms with Gasteiger partial charge in [0.05, 0.1) is 10.5 Å². The van der Waals surface area contributed by atoms with Crippen molar-refractivity contribution >= 4 is 46.2 Å². The molecule has 1 aliphatic heterocycles. The van der Waals surface area contributed by atoms with Crippen molar-refractivity contribution in [3.8, 4) is 5.75 Å². The summed E-state index contributed by atoms with van der Waals surface area (Å²) in [6.07, 6.45) is 5.28. The van der Waals surface area contributed by atoms with Gasteiger partial charge >= 0.3 is 0 Å². The van der Waals surface area contributed by atoms with Gasteiger partial charge in [0, 0.05) is 0 Å². The van der Waals surface area contributed by atoms with Crippen LogP contribution in [-0.4, -0.2) is 26.3 Å². The molecule has 0 atom stereocenters. The SMILES string of the molecule is O=C(NN1C(=O)/C(=C/C=C/c2ccccc2)SC1=S)c1ccccc1O. The Kier molecular flexibility index (Phi) is 5.50. The van der Waals surface area contributed by atoms with E-state index in [1.807, 2.05) is 36.4 Å². The van der Waals surface area contributed by atoms with E-state index in [1.54, 1.807) is 24.3 Å². The third-order valence-corrected chi connectivity index (χ3v) is 4.81. The second-order valence-electron chi connectivity index (χ2n) is 5.27. The zero-order chi connectivity index (χ0) is 18.5. The van der Waals surface area contributed by atoms with Crippen molar-refractivity contribution in [2.75, 3.05) is 0 Å². The van der Waals surface area contributed by atoms with Gasteiger partial charge in [0.15, 0.2) is 4.32 Å². The number of thiocarbonyl (C=S) groups is 1. The number of carbonyl (C=O) groups is 2. The lowest BCUT2D eigenvalue weighted by Crippen LogP contribution is -2.44. The van der Waals surface area contributed by atoms with Crippen LogP contribution in [-0.2, 0) is 4.79 Å². The molecule has 0 radical (unpaired) electrons. The summed E-state index contributed by atoms with van der Waals surface area (Å²) in [5, 5.41) is 10.8. The molecule has 1 heterocycles. The summed E-state index contributed by atoms with van der Waals surface area (Å²) in [7, 11) is 0. The molecular weight excluding hydrogens is 368 g/mol. The molecule has 3 rings (SSSR count). The maximum Gasteiger partial charge on any atom is 0.285 e. The minimum atomic E-state index is -0.611. The molecule has 2 aromatic carbocycles. The van der Waals surface area contributed by atoms with Crippen molar-refractivity contribution in [2.45, 2.75) is 0 Å². The van der Waals surface area contributed by atoms with E-state index in [-0.39, 0.29) is 15.6 Å². The predicted molar refractivity (Wildman–Crippen MR) is 106 cm³/mol. The molecule has 2 N–H and O–H groups in total. The summed E-state index contributed by atoms with van der Waals surface area (Å²) in [6.45, 7) is 0. The summed E-state index contributed by atoms with van der Waals surface area (Å²) >= 11 is 6.26. The number of hydrogen-bond donors (Lipinski definition) is 2. The topological polar surface area (TPSA) is 69.6 Å². The first-order valence-electron chi connectivity index (χ1n) is 7.65. The number of amides is 2. The van der Waals surface area contributed by atoms with Crippen LogP contribution >= 0.6 is 24.0 Å². The van der Waals surface area contributed by atoms with E-state index in [2.05, 4.69) is 5.43 Å².